The van der Waals surface area contributed by atoms with Crippen molar-refractivity contribution < 1.29 is 9.53 Å². The lowest BCUT2D eigenvalue weighted by atomic mass is 10.1. The molecule has 1 aromatic carbocycles. The molecule has 1 saturated carbocycles. The summed E-state index contributed by atoms with van der Waals surface area (Å²) < 4.78 is 5.68. The first-order valence-electron chi connectivity index (χ1n) is 8.02. The van der Waals surface area contributed by atoms with Gasteiger partial charge in [0.15, 0.2) is 5.78 Å². The zero-order valence-electron chi connectivity index (χ0n) is 13.6. The van der Waals surface area contributed by atoms with Crippen LogP contribution in [0.4, 0.5) is 5.69 Å². The average molecular weight is 321 g/mol. The highest BCUT2D eigenvalue weighted by molar-refractivity contribution is 5.95. The normalized spacial score (nSPS) is 13.2. The fourth-order valence-corrected chi connectivity index (χ4v) is 2.33. The van der Waals surface area contributed by atoms with Crippen LogP contribution in [0.1, 0.15) is 41.3 Å². The highest BCUT2D eigenvalue weighted by Gasteiger charge is 2.22. The van der Waals surface area contributed by atoms with Gasteiger partial charge in [0.1, 0.15) is 6.07 Å². The Bertz CT molecular complexity index is 791. The zero-order chi connectivity index (χ0) is 16.9. The molecule has 1 aliphatic rings. The standard InChI is InChI=1S/C19H19N3O2/c1-13(23)16-4-5-17(10-20)18(9-16)22-11-15-6-7-21-19(8-15)24-12-14-2-3-14/h4-9,14,22H,2-3,11-12H2,1H3. The topological polar surface area (TPSA) is 75.0 Å². The van der Waals surface area contributed by atoms with Gasteiger partial charge in [0.05, 0.1) is 17.9 Å². The molecular weight excluding hydrogens is 302 g/mol. The summed E-state index contributed by atoms with van der Waals surface area (Å²) in [5, 5.41) is 12.4. The van der Waals surface area contributed by atoms with Crippen LogP contribution >= 0.6 is 0 Å². The summed E-state index contributed by atoms with van der Waals surface area (Å²) in [6.07, 6.45) is 4.20. The van der Waals surface area contributed by atoms with E-state index in [4.69, 9.17) is 4.74 Å². The molecule has 1 heterocycles. The Morgan fingerprint density at radius 3 is 2.92 bits per heavy atom. The molecule has 122 valence electrons. The van der Waals surface area contributed by atoms with Gasteiger partial charge in [-0.25, -0.2) is 4.98 Å². The van der Waals surface area contributed by atoms with Gasteiger partial charge in [-0.1, -0.05) is 0 Å². The molecule has 3 rings (SSSR count). The number of rotatable bonds is 7. The summed E-state index contributed by atoms with van der Waals surface area (Å²) in [6.45, 7) is 2.76. The molecule has 0 saturated heterocycles. The molecule has 24 heavy (non-hydrogen) atoms. The number of hydrogen-bond acceptors (Lipinski definition) is 5. The number of nitrogens with zero attached hydrogens (tertiary/aromatic N) is 2. The van der Waals surface area contributed by atoms with Crippen molar-refractivity contribution in [2.45, 2.75) is 26.3 Å². The van der Waals surface area contributed by atoms with Gasteiger partial charge in [-0.05, 0) is 55.5 Å². The maximum Gasteiger partial charge on any atom is 0.213 e. The minimum atomic E-state index is -0.0257. The van der Waals surface area contributed by atoms with E-state index in [0.717, 1.165) is 12.2 Å². The minimum Gasteiger partial charge on any atom is -0.477 e. The Morgan fingerprint density at radius 1 is 1.38 bits per heavy atom. The van der Waals surface area contributed by atoms with E-state index >= 15 is 0 Å². The number of carbonyl (C=O) groups is 1. The van der Waals surface area contributed by atoms with Crippen molar-refractivity contribution in [3.05, 3.63) is 53.2 Å². The molecule has 0 amide bonds. The van der Waals surface area contributed by atoms with Crippen molar-refractivity contribution in [3.63, 3.8) is 0 Å². The van der Waals surface area contributed by atoms with Gasteiger partial charge in [-0.15, -0.1) is 0 Å². The van der Waals surface area contributed by atoms with Crippen LogP contribution in [0, 0.1) is 17.2 Å². The summed E-state index contributed by atoms with van der Waals surface area (Å²) in [4.78, 5) is 15.7. The first-order valence-corrected chi connectivity index (χ1v) is 8.02. The van der Waals surface area contributed by atoms with Crippen LogP contribution in [0.5, 0.6) is 5.88 Å². The van der Waals surface area contributed by atoms with Gasteiger partial charge in [0, 0.05) is 24.4 Å². The molecule has 0 bridgehead atoms. The Hall–Kier alpha value is -2.87. The van der Waals surface area contributed by atoms with Crippen molar-refractivity contribution in [1.29, 1.82) is 5.26 Å². The number of pyridine rings is 1. The maximum atomic E-state index is 11.5. The number of benzene rings is 1. The third-order valence-corrected chi connectivity index (χ3v) is 3.99. The third-order valence-electron chi connectivity index (χ3n) is 3.99. The van der Waals surface area contributed by atoms with Gasteiger partial charge in [-0.3, -0.25) is 4.79 Å². The van der Waals surface area contributed by atoms with Gasteiger partial charge >= 0.3 is 0 Å². The van der Waals surface area contributed by atoms with E-state index in [-0.39, 0.29) is 5.78 Å². The van der Waals surface area contributed by atoms with Crippen molar-refractivity contribution in [1.82, 2.24) is 4.98 Å². The molecule has 0 atom stereocenters. The molecular formula is C19H19N3O2. The lowest BCUT2D eigenvalue weighted by Gasteiger charge is -2.11. The number of aromatic nitrogens is 1. The third kappa shape index (κ3) is 4.11. The second-order valence-corrected chi connectivity index (χ2v) is 6.04. The number of nitrogens with one attached hydrogen (secondary N) is 1. The molecule has 1 aliphatic carbocycles. The van der Waals surface area contributed by atoms with E-state index in [1.54, 1.807) is 24.4 Å². The van der Waals surface area contributed by atoms with E-state index in [1.807, 2.05) is 12.1 Å². The van der Waals surface area contributed by atoms with Gasteiger partial charge < -0.3 is 10.1 Å². The Labute approximate surface area is 141 Å². The lowest BCUT2D eigenvalue weighted by Crippen LogP contribution is -2.05. The zero-order valence-corrected chi connectivity index (χ0v) is 13.6. The Kier molecular flexibility index (Phi) is 4.76. The number of anilines is 1. The largest absolute Gasteiger partial charge is 0.477 e. The summed E-state index contributed by atoms with van der Waals surface area (Å²) in [7, 11) is 0. The quantitative estimate of drug-likeness (QED) is 0.789. The van der Waals surface area contributed by atoms with Gasteiger partial charge in [0.2, 0.25) is 5.88 Å². The van der Waals surface area contributed by atoms with E-state index in [0.29, 0.717) is 35.2 Å². The summed E-state index contributed by atoms with van der Waals surface area (Å²) in [5.41, 5.74) is 2.76. The average Bonchev–Trinajstić information content (AvgIpc) is 3.42. The highest BCUT2D eigenvalue weighted by atomic mass is 16.5. The number of carbonyl (C=O) groups excluding carboxylic acids is 1. The molecule has 0 aliphatic heterocycles. The molecule has 0 unspecified atom stereocenters. The molecule has 2 aromatic rings. The van der Waals surface area contributed by atoms with Crippen LogP contribution in [0.25, 0.3) is 0 Å². The van der Waals surface area contributed by atoms with Crippen molar-refractivity contribution in [2.75, 3.05) is 11.9 Å². The molecule has 1 N–H and O–H groups in total. The van der Waals surface area contributed by atoms with Crippen molar-refractivity contribution >= 4 is 11.5 Å². The smallest absolute Gasteiger partial charge is 0.213 e. The number of hydrogen-bond donors (Lipinski definition) is 1. The van der Waals surface area contributed by atoms with E-state index in [2.05, 4.69) is 16.4 Å². The minimum absolute atomic E-state index is 0.0257. The van der Waals surface area contributed by atoms with E-state index < -0.39 is 0 Å². The molecule has 5 heteroatoms. The van der Waals surface area contributed by atoms with Gasteiger partial charge in [-0.2, -0.15) is 5.26 Å². The van der Waals surface area contributed by atoms with E-state index in [9.17, 15) is 10.1 Å². The second-order valence-electron chi connectivity index (χ2n) is 6.04. The van der Waals surface area contributed by atoms with Crippen LogP contribution in [-0.4, -0.2) is 17.4 Å². The van der Waals surface area contributed by atoms with Crippen LogP contribution in [0.15, 0.2) is 36.5 Å². The van der Waals surface area contributed by atoms with Crippen molar-refractivity contribution in [3.8, 4) is 11.9 Å². The number of ether oxygens (including phenoxy) is 1. The summed E-state index contributed by atoms with van der Waals surface area (Å²) in [5.74, 6) is 1.28. The van der Waals surface area contributed by atoms with Crippen LogP contribution in [0.3, 0.4) is 0 Å². The fourth-order valence-electron chi connectivity index (χ4n) is 2.33. The first-order chi connectivity index (χ1) is 11.7. The molecule has 0 radical (unpaired) electrons. The number of Topliss-reactive ketones (excluding diaryl/α,β-unsaturated/α-hetero) is 1. The van der Waals surface area contributed by atoms with E-state index in [1.165, 1.54) is 19.8 Å². The fraction of sp³-hybridized carbons (Fsp3) is 0.316. The Morgan fingerprint density at radius 2 is 2.21 bits per heavy atom. The maximum absolute atomic E-state index is 11.5. The Balaban J connectivity index is 1.68. The van der Waals surface area contributed by atoms with Gasteiger partial charge in [0.25, 0.3) is 0 Å². The molecule has 0 spiro atoms. The summed E-state index contributed by atoms with van der Waals surface area (Å²) >= 11 is 0. The molecule has 1 fully saturated rings. The van der Waals surface area contributed by atoms with Crippen LogP contribution in [0.2, 0.25) is 0 Å². The number of nitriles is 1. The number of ketones is 1. The van der Waals surface area contributed by atoms with Crippen molar-refractivity contribution in [2.24, 2.45) is 5.92 Å². The first kappa shape index (κ1) is 16.0. The van der Waals surface area contributed by atoms with Crippen LogP contribution < -0.4 is 10.1 Å². The molecule has 1 aromatic heterocycles. The summed E-state index contributed by atoms with van der Waals surface area (Å²) in [6, 6.07) is 11.0. The monoisotopic (exact) mass is 321 g/mol. The second kappa shape index (κ2) is 7.14. The van der Waals surface area contributed by atoms with Crippen LogP contribution in [-0.2, 0) is 6.54 Å². The predicted octanol–water partition coefficient (Wildman–Crippen LogP) is 3.56. The molecule has 5 nitrogen and oxygen atoms in total. The predicted molar refractivity (Wildman–Crippen MR) is 90.9 cm³/mol. The lowest BCUT2D eigenvalue weighted by molar-refractivity contribution is 0.101. The highest BCUT2D eigenvalue weighted by Crippen LogP contribution is 2.29. The SMILES string of the molecule is CC(=O)c1ccc(C#N)c(NCc2ccnc(OCC3CC3)c2)c1.